The molecule has 0 aromatic carbocycles. The van der Waals surface area contributed by atoms with Gasteiger partial charge in [-0.1, -0.05) is 0 Å². The molecule has 1 fully saturated rings. The maximum absolute atomic E-state index is 5.62. The summed E-state index contributed by atoms with van der Waals surface area (Å²) in [4.78, 5) is 2.47. The maximum atomic E-state index is 5.62. The zero-order valence-corrected chi connectivity index (χ0v) is 11.1. The van der Waals surface area contributed by atoms with Crippen LogP contribution in [0.25, 0.3) is 0 Å². The van der Waals surface area contributed by atoms with Gasteiger partial charge in [0, 0.05) is 6.54 Å². The molecule has 1 aromatic heterocycles. The summed E-state index contributed by atoms with van der Waals surface area (Å²) in [6, 6.07) is 3.99. The summed E-state index contributed by atoms with van der Waals surface area (Å²) >= 11 is 3.33. The van der Waals surface area contributed by atoms with Crippen LogP contribution in [0.2, 0.25) is 0 Å². The van der Waals surface area contributed by atoms with Crippen molar-refractivity contribution in [3.05, 3.63) is 22.6 Å². The third kappa shape index (κ3) is 3.34. The second-order valence-corrected chi connectivity index (χ2v) is 5.31. The molecule has 2 rings (SSSR count). The van der Waals surface area contributed by atoms with Gasteiger partial charge in [0.2, 0.25) is 0 Å². The van der Waals surface area contributed by atoms with Gasteiger partial charge in [0.25, 0.3) is 0 Å². The third-order valence-corrected chi connectivity index (χ3v) is 3.61. The summed E-state index contributed by atoms with van der Waals surface area (Å²) in [5.74, 6) is 1.82. The lowest BCUT2D eigenvalue weighted by atomic mass is 9.95. The van der Waals surface area contributed by atoms with Crippen molar-refractivity contribution in [2.75, 3.05) is 19.6 Å². The molecule has 90 valence electrons. The van der Waals surface area contributed by atoms with Gasteiger partial charge in [-0.2, -0.15) is 0 Å². The first-order valence-corrected chi connectivity index (χ1v) is 6.74. The lowest BCUT2D eigenvalue weighted by Crippen LogP contribution is -2.35. The Balaban J connectivity index is 1.85. The van der Waals surface area contributed by atoms with E-state index in [1.165, 1.54) is 19.4 Å². The smallest absolute Gasteiger partial charge is 0.169 e. The highest BCUT2D eigenvalue weighted by Gasteiger charge is 2.19. The second-order valence-electron chi connectivity index (χ2n) is 4.53. The Bertz CT molecular complexity index is 325. The average molecular weight is 287 g/mol. The number of halogens is 1. The monoisotopic (exact) mass is 286 g/mol. The zero-order chi connectivity index (χ0) is 11.4. The summed E-state index contributed by atoms with van der Waals surface area (Å²) in [7, 11) is 0. The van der Waals surface area contributed by atoms with E-state index in [2.05, 4.69) is 20.8 Å². The zero-order valence-electron chi connectivity index (χ0n) is 9.49. The van der Waals surface area contributed by atoms with Gasteiger partial charge in [0.15, 0.2) is 4.67 Å². The van der Waals surface area contributed by atoms with Crippen LogP contribution in [0.3, 0.4) is 0 Å². The van der Waals surface area contributed by atoms with Gasteiger partial charge >= 0.3 is 0 Å². The number of hydrogen-bond acceptors (Lipinski definition) is 3. The fraction of sp³-hybridized carbons (Fsp3) is 0.667. The molecule has 1 saturated heterocycles. The predicted octanol–water partition coefficient (Wildman–Crippen LogP) is 2.60. The molecule has 1 atom stereocenters. The van der Waals surface area contributed by atoms with E-state index in [-0.39, 0.29) is 0 Å². The second kappa shape index (κ2) is 5.84. The van der Waals surface area contributed by atoms with Gasteiger partial charge in [-0.3, -0.25) is 4.90 Å². The molecule has 2 N–H and O–H groups in total. The van der Waals surface area contributed by atoms with Crippen LogP contribution in [0, 0.1) is 5.92 Å². The van der Waals surface area contributed by atoms with Crippen LogP contribution in [-0.4, -0.2) is 24.5 Å². The van der Waals surface area contributed by atoms with Gasteiger partial charge in [-0.05, 0) is 66.3 Å². The van der Waals surface area contributed by atoms with E-state index in [0.717, 1.165) is 42.4 Å². The van der Waals surface area contributed by atoms with Crippen molar-refractivity contribution in [3.8, 4) is 0 Å². The molecule has 0 aliphatic carbocycles. The van der Waals surface area contributed by atoms with Gasteiger partial charge in [-0.25, -0.2) is 0 Å². The molecule has 4 heteroatoms. The van der Waals surface area contributed by atoms with Crippen LogP contribution in [0.4, 0.5) is 0 Å². The molecule has 16 heavy (non-hydrogen) atoms. The number of hydrogen-bond donors (Lipinski definition) is 1. The Kier molecular flexibility index (Phi) is 4.44. The van der Waals surface area contributed by atoms with Crippen LogP contribution in [0.5, 0.6) is 0 Å². The van der Waals surface area contributed by atoms with Crippen LogP contribution in [0.15, 0.2) is 21.2 Å². The van der Waals surface area contributed by atoms with Crippen molar-refractivity contribution < 1.29 is 4.42 Å². The Morgan fingerprint density at radius 1 is 1.50 bits per heavy atom. The first-order valence-electron chi connectivity index (χ1n) is 5.94. The first-order chi connectivity index (χ1) is 7.78. The van der Waals surface area contributed by atoms with Gasteiger partial charge in [0.1, 0.15) is 5.76 Å². The summed E-state index contributed by atoms with van der Waals surface area (Å²) < 4.78 is 6.35. The standard InChI is InChI=1S/C12H19BrN2O/c13-12-4-3-11(16-12)9-15-7-1-2-10(8-15)5-6-14/h3-4,10H,1-2,5-9,14H2. The molecule has 2 heterocycles. The van der Waals surface area contributed by atoms with Crippen molar-refractivity contribution in [2.24, 2.45) is 11.7 Å². The molecule has 0 saturated carbocycles. The topological polar surface area (TPSA) is 42.4 Å². The normalized spacial score (nSPS) is 22.5. The van der Waals surface area contributed by atoms with Crippen LogP contribution in [-0.2, 0) is 6.54 Å². The molecule has 3 nitrogen and oxygen atoms in total. The summed E-state index contributed by atoms with van der Waals surface area (Å²) in [6.45, 7) is 4.08. The Morgan fingerprint density at radius 3 is 3.06 bits per heavy atom. The van der Waals surface area contributed by atoms with Crippen molar-refractivity contribution >= 4 is 15.9 Å². The van der Waals surface area contributed by atoms with Crippen molar-refractivity contribution in [1.82, 2.24) is 4.90 Å². The largest absolute Gasteiger partial charge is 0.453 e. The Morgan fingerprint density at radius 2 is 2.38 bits per heavy atom. The van der Waals surface area contributed by atoms with E-state index in [4.69, 9.17) is 10.2 Å². The highest BCUT2D eigenvalue weighted by Crippen LogP contribution is 2.22. The molecule has 0 amide bonds. The van der Waals surface area contributed by atoms with E-state index in [1.54, 1.807) is 0 Å². The fourth-order valence-electron chi connectivity index (χ4n) is 2.42. The molecule has 1 aromatic rings. The lowest BCUT2D eigenvalue weighted by molar-refractivity contribution is 0.152. The molecule has 0 radical (unpaired) electrons. The van der Waals surface area contributed by atoms with Crippen LogP contribution in [0.1, 0.15) is 25.0 Å². The summed E-state index contributed by atoms with van der Waals surface area (Å²) in [5.41, 5.74) is 5.62. The fourth-order valence-corrected chi connectivity index (χ4v) is 2.76. The highest BCUT2D eigenvalue weighted by atomic mass is 79.9. The lowest BCUT2D eigenvalue weighted by Gasteiger charge is -2.31. The number of likely N-dealkylation sites (tertiary alicyclic amines) is 1. The van der Waals surface area contributed by atoms with Gasteiger partial charge in [0.05, 0.1) is 6.54 Å². The maximum Gasteiger partial charge on any atom is 0.169 e. The summed E-state index contributed by atoms with van der Waals surface area (Å²) in [5, 5.41) is 0. The minimum absolute atomic E-state index is 0.775. The molecule has 1 aliphatic heterocycles. The highest BCUT2D eigenvalue weighted by molar-refractivity contribution is 9.10. The van der Waals surface area contributed by atoms with Crippen molar-refractivity contribution in [1.29, 1.82) is 0 Å². The Labute approximate surface area is 105 Å². The minimum Gasteiger partial charge on any atom is -0.453 e. The Hall–Kier alpha value is -0.320. The number of furan rings is 1. The number of piperidine rings is 1. The van der Waals surface area contributed by atoms with E-state index < -0.39 is 0 Å². The number of rotatable bonds is 4. The third-order valence-electron chi connectivity index (χ3n) is 3.19. The quantitative estimate of drug-likeness (QED) is 0.925. The van der Waals surface area contributed by atoms with Gasteiger partial charge < -0.3 is 10.2 Å². The van der Waals surface area contributed by atoms with E-state index >= 15 is 0 Å². The molecule has 1 aliphatic rings. The number of nitrogens with zero attached hydrogens (tertiary/aromatic N) is 1. The predicted molar refractivity (Wildman–Crippen MR) is 68.1 cm³/mol. The van der Waals surface area contributed by atoms with Crippen LogP contribution < -0.4 is 5.73 Å². The van der Waals surface area contributed by atoms with E-state index in [9.17, 15) is 0 Å². The van der Waals surface area contributed by atoms with E-state index in [0.29, 0.717) is 0 Å². The minimum atomic E-state index is 0.775. The first kappa shape index (κ1) is 12.1. The van der Waals surface area contributed by atoms with Crippen molar-refractivity contribution in [2.45, 2.75) is 25.8 Å². The van der Waals surface area contributed by atoms with E-state index in [1.807, 2.05) is 12.1 Å². The molecular formula is C12H19BrN2O. The number of nitrogens with two attached hydrogens (primary N) is 1. The SMILES string of the molecule is NCCC1CCCN(Cc2ccc(Br)o2)C1. The summed E-state index contributed by atoms with van der Waals surface area (Å²) in [6.07, 6.45) is 3.76. The van der Waals surface area contributed by atoms with Crippen molar-refractivity contribution in [3.63, 3.8) is 0 Å². The average Bonchev–Trinajstić information content (AvgIpc) is 2.65. The van der Waals surface area contributed by atoms with Crippen LogP contribution >= 0.6 is 15.9 Å². The molecule has 0 bridgehead atoms. The molecular weight excluding hydrogens is 268 g/mol. The van der Waals surface area contributed by atoms with Gasteiger partial charge in [-0.15, -0.1) is 0 Å². The molecule has 1 unspecified atom stereocenters. The molecule has 0 spiro atoms.